The van der Waals surface area contributed by atoms with Crippen LogP contribution in [0.2, 0.25) is 0 Å². The van der Waals surface area contributed by atoms with Gasteiger partial charge in [-0.25, -0.2) is 9.59 Å². The number of esters is 1. The fraction of sp³-hybridized carbons (Fsp3) is 0.208. The molecule has 0 aliphatic carbocycles. The van der Waals surface area contributed by atoms with Crippen molar-refractivity contribution in [1.82, 2.24) is 10.4 Å². The molecular weight excluding hydrogens is 424 g/mol. The molecule has 0 aliphatic rings. The van der Waals surface area contributed by atoms with Crippen molar-refractivity contribution in [2.75, 3.05) is 0 Å². The van der Waals surface area contributed by atoms with E-state index in [0.29, 0.717) is 0 Å². The largest absolute Gasteiger partial charge is 0.459 e. The SMILES string of the molecule is NC(=O)c1cc[n+](CC[C@H](NC(=O)OCc2ccccc2)C(=O)OCc2ccccc2)nc1. The van der Waals surface area contributed by atoms with Crippen LogP contribution in [-0.2, 0) is 34.0 Å². The van der Waals surface area contributed by atoms with Crippen LogP contribution in [0.5, 0.6) is 0 Å². The number of hydrogen-bond acceptors (Lipinski definition) is 6. The molecule has 3 rings (SSSR count). The van der Waals surface area contributed by atoms with E-state index < -0.39 is 24.0 Å². The minimum Gasteiger partial charge on any atom is -0.459 e. The van der Waals surface area contributed by atoms with E-state index in [1.807, 2.05) is 60.7 Å². The van der Waals surface area contributed by atoms with Gasteiger partial charge in [0.25, 0.3) is 5.91 Å². The van der Waals surface area contributed by atoms with E-state index in [-0.39, 0.29) is 31.7 Å². The van der Waals surface area contributed by atoms with E-state index >= 15 is 0 Å². The number of alkyl carbamates (subject to hydrolysis) is 1. The van der Waals surface area contributed by atoms with Crippen LogP contribution in [0.1, 0.15) is 27.9 Å². The zero-order valence-corrected chi connectivity index (χ0v) is 17.9. The van der Waals surface area contributed by atoms with Gasteiger partial charge in [0.05, 0.1) is 5.56 Å². The van der Waals surface area contributed by atoms with Gasteiger partial charge in [0, 0.05) is 12.5 Å². The standard InChI is InChI=1S/C24H24N4O5/c25-22(29)20-11-13-28(26-15-20)14-12-21(23(30)32-16-18-7-3-1-4-8-18)27-24(31)33-17-19-9-5-2-6-10-19/h1-11,13,15,21H,12,14,16-17H2,(H2-,25,27,29,31)/p+1/t21-/m0/s1. The molecule has 0 saturated carbocycles. The molecule has 0 spiro atoms. The molecule has 0 saturated heterocycles. The monoisotopic (exact) mass is 449 g/mol. The average molecular weight is 449 g/mol. The van der Waals surface area contributed by atoms with E-state index in [4.69, 9.17) is 15.2 Å². The first-order valence-corrected chi connectivity index (χ1v) is 10.3. The Balaban J connectivity index is 1.60. The molecule has 170 valence electrons. The summed E-state index contributed by atoms with van der Waals surface area (Å²) in [6, 6.07) is 19.0. The zero-order valence-electron chi connectivity index (χ0n) is 17.9. The number of primary amides is 1. The fourth-order valence-electron chi connectivity index (χ4n) is 2.91. The van der Waals surface area contributed by atoms with Gasteiger partial charge in [-0.3, -0.25) is 4.79 Å². The molecule has 1 atom stereocenters. The summed E-state index contributed by atoms with van der Waals surface area (Å²) >= 11 is 0. The summed E-state index contributed by atoms with van der Waals surface area (Å²) in [6.07, 6.45) is 2.37. The van der Waals surface area contributed by atoms with Gasteiger partial charge in [0.2, 0.25) is 0 Å². The van der Waals surface area contributed by atoms with Gasteiger partial charge in [-0.15, -0.1) is 0 Å². The molecule has 3 aromatic rings. The normalized spacial score (nSPS) is 11.3. The Morgan fingerprint density at radius 1 is 0.909 bits per heavy atom. The number of aryl methyl sites for hydroxylation is 1. The third-order valence-corrected chi connectivity index (χ3v) is 4.72. The Kier molecular flexibility index (Phi) is 8.47. The quantitative estimate of drug-likeness (QED) is 0.360. The van der Waals surface area contributed by atoms with Crippen molar-refractivity contribution in [2.45, 2.75) is 32.2 Å². The van der Waals surface area contributed by atoms with Crippen LogP contribution < -0.4 is 15.7 Å². The Hall–Kier alpha value is -4.27. The van der Waals surface area contributed by atoms with E-state index in [9.17, 15) is 14.4 Å². The minimum absolute atomic E-state index is 0.0728. The van der Waals surface area contributed by atoms with Crippen molar-refractivity contribution in [1.29, 1.82) is 0 Å². The second-order valence-electron chi connectivity index (χ2n) is 7.18. The highest BCUT2D eigenvalue weighted by molar-refractivity contribution is 5.92. The number of rotatable bonds is 10. The van der Waals surface area contributed by atoms with Crippen molar-refractivity contribution in [3.63, 3.8) is 0 Å². The predicted octanol–water partition coefficient (Wildman–Crippen LogP) is 1.90. The average Bonchev–Trinajstić information content (AvgIpc) is 2.85. The minimum atomic E-state index is -0.956. The molecule has 1 aromatic heterocycles. The van der Waals surface area contributed by atoms with Gasteiger partial charge in [0.15, 0.2) is 12.7 Å². The highest BCUT2D eigenvalue weighted by Gasteiger charge is 2.25. The molecule has 1 heterocycles. The third kappa shape index (κ3) is 7.73. The number of ether oxygens (including phenoxy) is 2. The van der Waals surface area contributed by atoms with Gasteiger partial charge in [-0.05, 0) is 16.2 Å². The summed E-state index contributed by atoms with van der Waals surface area (Å²) in [5, 5.41) is 6.67. The lowest BCUT2D eigenvalue weighted by atomic mass is 10.2. The first kappa shape index (κ1) is 23.4. The van der Waals surface area contributed by atoms with Crippen molar-refractivity contribution in [2.24, 2.45) is 5.73 Å². The molecule has 0 radical (unpaired) electrons. The fourth-order valence-corrected chi connectivity index (χ4v) is 2.91. The summed E-state index contributed by atoms with van der Waals surface area (Å²) in [6.45, 7) is 0.433. The number of amides is 2. The molecule has 0 fully saturated rings. The van der Waals surface area contributed by atoms with Gasteiger partial charge in [0.1, 0.15) is 25.5 Å². The highest BCUT2D eigenvalue weighted by atomic mass is 16.6. The molecule has 0 unspecified atom stereocenters. The lowest BCUT2D eigenvalue weighted by Crippen LogP contribution is -2.46. The maximum absolute atomic E-state index is 12.7. The maximum atomic E-state index is 12.7. The Labute approximate surface area is 191 Å². The number of nitrogens with one attached hydrogen (secondary N) is 1. The number of nitrogens with two attached hydrogens (primary N) is 1. The summed E-state index contributed by atoms with van der Waals surface area (Å²) in [5.41, 5.74) is 7.14. The summed E-state index contributed by atoms with van der Waals surface area (Å²) in [4.78, 5) is 36.2. The van der Waals surface area contributed by atoms with Crippen LogP contribution >= 0.6 is 0 Å². The zero-order chi connectivity index (χ0) is 23.5. The lowest BCUT2D eigenvalue weighted by Gasteiger charge is -2.16. The summed E-state index contributed by atoms with van der Waals surface area (Å²) in [5.74, 6) is -1.18. The smallest absolute Gasteiger partial charge is 0.408 e. The van der Waals surface area contributed by atoms with Crippen molar-refractivity contribution in [3.05, 3.63) is 95.8 Å². The molecule has 9 heteroatoms. The highest BCUT2D eigenvalue weighted by Crippen LogP contribution is 2.06. The topological polar surface area (TPSA) is 124 Å². The number of benzene rings is 2. The van der Waals surface area contributed by atoms with Crippen LogP contribution in [0.25, 0.3) is 0 Å². The summed E-state index contributed by atoms with van der Waals surface area (Å²) in [7, 11) is 0. The van der Waals surface area contributed by atoms with Crippen LogP contribution in [0.15, 0.2) is 79.1 Å². The molecule has 33 heavy (non-hydrogen) atoms. The lowest BCUT2D eigenvalue weighted by molar-refractivity contribution is -0.754. The number of nitrogens with zero attached hydrogens (tertiary/aromatic N) is 2. The number of carbonyl (C=O) groups is 3. The molecule has 3 N–H and O–H groups in total. The maximum Gasteiger partial charge on any atom is 0.408 e. The Bertz CT molecular complexity index is 1060. The molecule has 2 amide bonds. The van der Waals surface area contributed by atoms with E-state index in [1.165, 1.54) is 16.9 Å². The number of aromatic nitrogens is 2. The van der Waals surface area contributed by atoms with Crippen molar-refractivity contribution >= 4 is 18.0 Å². The van der Waals surface area contributed by atoms with Gasteiger partial charge >= 0.3 is 12.1 Å². The predicted molar refractivity (Wildman–Crippen MR) is 117 cm³/mol. The summed E-state index contributed by atoms with van der Waals surface area (Å²) < 4.78 is 12.2. The van der Waals surface area contributed by atoms with Gasteiger partial charge < -0.3 is 20.5 Å². The number of carbonyl (C=O) groups excluding carboxylic acids is 3. The van der Waals surface area contributed by atoms with Crippen molar-refractivity contribution < 1.29 is 28.5 Å². The first-order chi connectivity index (χ1) is 16.0. The van der Waals surface area contributed by atoms with E-state index in [1.54, 1.807) is 6.20 Å². The molecule has 0 bridgehead atoms. The first-order valence-electron chi connectivity index (χ1n) is 10.3. The van der Waals surface area contributed by atoms with E-state index in [0.717, 1.165) is 11.1 Å². The van der Waals surface area contributed by atoms with Crippen LogP contribution in [0.3, 0.4) is 0 Å². The molecule has 2 aromatic carbocycles. The third-order valence-electron chi connectivity index (χ3n) is 4.72. The van der Waals surface area contributed by atoms with Crippen LogP contribution in [0, 0.1) is 0 Å². The molecular formula is C24H25N4O5+. The van der Waals surface area contributed by atoms with E-state index in [2.05, 4.69) is 10.4 Å². The van der Waals surface area contributed by atoms with Gasteiger partial charge in [-0.2, -0.15) is 0 Å². The Morgan fingerprint density at radius 2 is 1.52 bits per heavy atom. The molecule has 9 nitrogen and oxygen atoms in total. The second kappa shape index (κ2) is 11.9. The Morgan fingerprint density at radius 3 is 2.06 bits per heavy atom. The number of hydrogen-bond donors (Lipinski definition) is 2. The van der Waals surface area contributed by atoms with Crippen LogP contribution in [-0.4, -0.2) is 29.1 Å². The van der Waals surface area contributed by atoms with Gasteiger partial charge in [-0.1, -0.05) is 65.3 Å². The van der Waals surface area contributed by atoms with Crippen LogP contribution in [0.4, 0.5) is 4.79 Å². The molecule has 0 aliphatic heterocycles. The van der Waals surface area contributed by atoms with Crippen molar-refractivity contribution in [3.8, 4) is 0 Å². The second-order valence-corrected chi connectivity index (χ2v) is 7.18.